The van der Waals surface area contributed by atoms with Crippen molar-refractivity contribution in [3.05, 3.63) is 34.9 Å². The fraction of sp³-hybridized carbons (Fsp3) is 0.300. The van der Waals surface area contributed by atoms with Gasteiger partial charge in [-0.15, -0.1) is 0 Å². The van der Waals surface area contributed by atoms with E-state index in [1.807, 2.05) is 18.2 Å². The van der Waals surface area contributed by atoms with Gasteiger partial charge in [0.15, 0.2) is 0 Å². The number of likely N-dealkylation sites (N-methyl/N-ethyl adjacent to an activating group) is 1. The van der Waals surface area contributed by atoms with E-state index in [0.29, 0.717) is 5.02 Å². The maximum atomic E-state index is 11.2. The van der Waals surface area contributed by atoms with Gasteiger partial charge in [0, 0.05) is 12.1 Å². The van der Waals surface area contributed by atoms with E-state index in [0.717, 1.165) is 5.56 Å². The van der Waals surface area contributed by atoms with E-state index < -0.39 is 6.04 Å². The second-order valence-electron chi connectivity index (χ2n) is 3.44. The number of nitrogens with zero attached hydrogens (tertiary/aromatic N) is 1. The average molecular weight is 211 g/mol. The zero-order valence-corrected chi connectivity index (χ0v) is 8.53. The van der Waals surface area contributed by atoms with Crippen molar-refractivity contribution in [3.8, 4) is 0 Å². The van der Waals surface area contributed by atoms with Crippen molar-refractivity contribution in [2.45, 2.75) is 12.1 Å². The SMILES string of the molecule is CN1C(=O)[C@@H](N)[C@H]1c1ccccc1Cl. The van der Waals surface area contributed by atoms with Gasteiger partial charge in [-0.1, -0.05) is 29.8 Å². The lowest BCUT2D eigenvalue weighted by Crippen LogP contribution is -2.61. The fourth-order valence-corrected chi connectivity index (χ4v) is 2.03. The summed E-state index contributed by atoms with van der Waals surface area (Å²) in [6, 6.07) is 6.94. The lowest BCUT2D eigenvalue weighted by atomic mass is 9.90. The van der Waals surface area contributed by atoms with Crippen LogP contribution in [0.2, 0.25) is 5.02 Å². The molecule has 1 aliphatic heterocycles. The molecule has 1 aromatic carbocycles. The Balaban J connectivity index is 2.33. The molecule has 1 saturated heterocycles. The van der Waals surface area contributed by atoms with Crippen LogP contribution in [0, 0.1) is 0 Å². The highest BCUT2D eigenvalue weighted by Gasteiger charge is 2.43. The highest BCUT2D eigenvalue weighted by atomic mass is 35.5. The standard InChI is InChI=1S/C10H11ClN2O/c1-13-9(8(12)10(13)14)6-4-2-3-5-7(6)11/h2-5,8-9H,12H2,1H3/t8-,9+/m0/s1. The first kappa shape index (κ1) is 9.49. The molecule has 1 aliphatic rings. The zero-order chi connectivity index (χ0) is 10.3. The van der Waals surface area contributed by atoms with Gasteiger partial charge in [-0.05, 0) is 11.6 Å². The van der Waals surface area contributed by atoms with Crippen LogP contribution in [0.5, 0.6) is 0 Å². The molecule has 0 aliphatic carbocycles. The second-order valence-corrected chi connectivity index (χ2v) is 3.85. The Morgan fingerprint density at radius 3 is 2.64 bits per heavy atom. The monoisotopic (exact) mass is 210 g/mol. The summed E-state index contributed by atoms with van der Waals surface area (Å²) in [5, 5.41) is 0.660. The van der Waals surface area contributed by atoms with Crippen molar-refractivity contribution in [1.82, 2.24) is 4.90 Å². The summed E-state index contributed by atoms with van der Waals surface area (Å²) in [4.78, 5) is 12.8. The number of rotatable bonds is 1. The van der Waals surface area contributed by atoms with Gasteiger partial charge in [-0.25, -0.2) is 0 Å². The molecule has 4 heteroatoms. The van der Waals surface area contributed by atoms with Gasteiger partial charge in [-0.3, -0.25) is 4.79 Å². The van der Waals surface area contributed by atoms with Crippen molar-refractivity contribution in [1.29, 1.82) is 0 Å². The molecule has 74 valence electrons. The van der Waals surface area contributed by atoms with E-state index in [-0.39, 0.29) is 11.9 Å². The van der Waals surface area contributed by atoms with Crippen LogP contribution in [0.15, 0.2) is 24.3 Å². The number of carbonyl (C=O) groups is 1. The number of β-lactam (4-membered cyclic amide) rings is 1. The van der Waals surface area contributed by atoms with Gasteiger partial charge >= 0.3 is 0 Å². The van der Waals surface area contributed by atoms with Crippen LogP contribution in [0.1, 0.15) is 11.6 Å². The number of amides is 1. The van der Waals surface area contributed by atoms with Gasteiger partial charge in [-0.2, -0.15) is 0 Å². The highest BCUT2D eigenvalue weighted by Crippen LogP contribution is 2.35. The maximum Gasteiger partial charge on any atom is 0.242 e. The predicted octanol–water partition coefficient (Wildman–Crippen LogP) is 1.18. The summed E-state index contributed by atoms with van der Waals surface area (Å²) in [6.07, 6.45) is 0. The third-order valence-corrected chi connectivity index (χ3v) is 2.96. The summed E-state index contributed by atoms with van der Waals surface area (Å²) in [7, 11) is 1.74. The average Bonchev–Trinajstić information content (AvgIpc) is 2.21. The molecule has 1 heterocycles. The molecule has 14 heavy (non-hydrogen) atoms. The quantitative estimate of drug-likeness (QED) is 0.708. The summed E-state index contributed by atoms with van der Waals surface area (Å²) in [5.74, 6) is -0.0325. The molecule has 0 aromatic heterocycles. The predicted molar refractivity (Wildman–Crippen MR) is 54.9 cm³/mol. The van der Waals surface area contributed by atoms with Crippen LogP contribution < -0.4 is 5.73 Å². The molecule has 0 saturated carbocycles. The summed E-state index contributed by atoms with van der Waals surface area (Å²) in [6.45, 7) is 0. The largest absolute Gasteiger partial charge is 0.335 e. The topological polar surface area (TPSA) is 46.3 Å². The van der Waals surface area contributed by atoms with Crippen LogP contribution in [0.3, 0.4) is 0 Å². The Morgan fingerprint density at radius 2 is 2.07 bits per heavy atom. The molecule has 3 nitrogen and oxygen atoms in total. The second kappa shape index (κ2) is 3.26. The minimum Gasteiger partial charge on any atom is -0.335 e. The van der Waals surface area contributed by atoms with E-state index in [1.165, 1.54) is 0 Å². The van der Waals surface area contributed by atoms with Gasteiger partial charge < -0.3 is 10.6 Å². The van der Waals surface area contributed by atoms with Crippen molar-refractivity contribution in [3.63, 3.8) is 0 Å². The Labute approximate surface area is 87.4 Å². The molecule has 2 N–H and O–H groups in total. The van der Waals surface area contributed by atoms with Crippen LogP contribution in [0.25, 0.3) is 0 Å². The molecule has 0 unspecified atom stereocenters. The van der Waals surface area contributed by atoms with Gasteiger partial charge in [0.1, 0.15) is 6.04 Å². The minimum absolute atomic E-state index is 0.0325. The van der Waals surface area contributed by atoms with E-state index in [2.05, 4.69) is 0 Å². The molecule has 0 radical (unpaired) electrons. The molecular weight excluding hydrogens is 200 g/mol. The van der Waals surface area contributed by atoms with Crippen molar-refractivity contribution >= 4 is 17.5 Å². The molecule has 2 rings (SSSR count). The molecule has 0 bridgehead atoms. The van der Waals surface area contributed by atoms with Gasteiger partial charge in [0.05, 0.1) is 6.04 Å². The molecule has 0 spiro atoms. The number of halogens is 1. The van der Waals surface area contributed by atoms with Crippen molar-refractivity contribution in [2.24, 2.45) is 5.73 Å². The normalized spacial score (nSPS) is 26.2. The smallest absolute Gasteiger partial charge is 0.242 e. The molecule has 1 fully saturated rings. The molecular formula is C10H11ClN2O. The third-order valence-electron chi connectivity index (χ3n) is 2.61. The van der Waals surface area contributed by atoms with Crippen LogP contribution >= 0.6 is 11.6 Å². The van der Waals surface area contributed by atoms with Crippen LogP contribution in [0.4, 0.5) is 0 Å². The fourth-order valence-electron chi connectivity index (χ4n) is 1.78. The van der Waals surface area contributed by atoms with E-state index in [9.17, 15) is 4.79 Å². The number of likely N-dealkylation sites (tertiary alicyclic amines) is 1. The van der Waals surface area contributed by atoms with E-state index in [4.69, 9.17) is 17.3 Å². The zero-order valence-electron chi connectivity index (χ0n) is 7.77. The van der Waals surface area contributed by atoms with Crippen LogP contribution in [-0.2, 0) is 4.79 Å². The molecule has 1 amide bonds. The Bertz CT molecular complexity index is 368. The first-order valence-corrected chi connectivity index (χ1v) is 4.77. The minimum atomic E-state index is -0.445. The van der Waals surface area contributed by atoms with Crippen molar-refractivity contribution in [2.75, 3.05) is 7.05 Å². The van der Waals surface area contributed by atoms with E-state index in [1.54, 1.807) is 18.0 Å². The van der Waals surface area contributed by atoms with Gasteiger partial charge in [0.25, 0.3) is 0 Å². The molecule has 1 aromatic rings. The summed E-state index contributed by atoms with van der Waals surface area (Å²) >= 11 is 6.02. The summed E-state index contributed by atoms with van der Waals surface area (Å²) < 4.78 is 0. The maximum absolute atomic E-state index is 11.2. The number of hydrogen-bond acceptors (Lipinski definition) is 2. The first-order chi connectivity index (χ1) is 6.63. The Morgan fingerprint density at radius 1 is 1.43 bits per heavy atom. The summed E-state index contributed by atoms with van der Waals surface area (Å²) in [5.41, 5.74) is 6.63. The number of carbonyl (C=O) groups excluding carboxylic acids is 1. The number of nitrogens with two attached hydrogens (primary N) is 1. The van der Waals surface area contributed by atoms with Crippen LogP contribution in [-0.4, -0.2) is 23.9 Å². The third kappa shape index (κ3) is 1.21. The Kier molecular flexibility index (Phi) is 2.21. The number of benzene rings is 1. The Hall–Kier alpha value is -1.06. The van der Waals surface area contributed by atoms with Crippen molar-refractivity contribution < 1.29 is 4.79 Å². The van der Waals surface area contributed by atoms with Gasteiger partial charge in [0.2, 0.25) is 5.91 Å². The lowest BCUT2D eigenvalue weighted by Gasteiger charge is -2.43. The van der Waals surface area contributed by atoms with E-state index >= 15 is 0 Å². The lowest BCUT2D eigenvalue weighted by molar-refractivity contribution is -0.146. The highest BCUT2D eigenvalue weighted by molar-refractivity contribution is 6.31. The number of hydrogen-bond donors (Lipinski definition) is 1. The molecule has 2 atom stereocenters. The first-order valence-electron chi connectivity index (χ1n) is 4.39.